The van der Waals surface area contributed by atoms with Gasteiger partial charge in [-0.05, 0) is 131 Å². The van der Waals surface area contributed by atoms with Gasteiger partial charge in [-0.1, -0.05) is 153 Å². The van der Waals surface area contributed by atoms with Crippen LogP contribution < -0.4 is 4.74 Å². The van der Waals surface area contributed by atoms with E-state index in [0.29, 0.717) is 0 Å². The third-order valence-corrected chi connectivity index (χ3v) is 11.8. The number of ether oxygens (including phenoxy) is 1. The third kappa shape index (κ3) is 4.65. The summed E-state index contributed by atoms with van der Waals surface area (Å²) in [5.74, 6) is 1.79. The summed E-state index contributed by atoms with van der Waals surface area (Å²) in [5.41, 5.74) is 17.3. The Kier molecular flexibility index (Phi) is 6.66. The predicted octanol–water partition coefficient (Wildman–Crippen LogP) is 14.7. The van der Waals surface area contributed by atoms with Crippen LogP contribution in [0.25, 0.3) is 88.3 Å². The first kappa shape index (κ1) is 30.9. The van der Waals surface area contributed by atoms with Crippen molar-refractivity contribution in [1.82, 2.24) is 0 Å². The second-order valence-electron chi connectivity index (χ2n) is 15.3. The van der Waals surface area contributed by atoms with Gasteiger partial charge in [0.25, 0.3) is 0 Å². The lowest BCUT2D eigenvalue weighted by atomic mass is 9.81. The minimum Gasteiger partial charge on any atom is -0.456 e. The van der Waals surface area contributed by atoms with Crippen LogP contribution >= 0.6 is 0 Å². The average Bonchev–Trinajstić information content (AvgIpc) is 3.47. The highest BCUT2D eigenvalue weighted by atomic mass is 16.5. The predicted molar refractivity (Wildman–Crippen MR) is 226 cm³/mol. The first-order valence-electron chi connectivity index (χ1n) is 18.8. The number of hydrogen-bond acceptors (Lipinski definition) is 1. The van der Waals surface area contributed by atoms with Crippen molar-refractivity contribution in [1.29, 1.82) is 0 Å². The van der Waals surface area contributed by atoms with Crippen LogP contribution in [-0.2, 0) is 5.41 Å². The SMILES string of the molecule is CC1(C)c2cc(-c3cc(-c4ccccc4)cc(-c4ccc5c6c(cccc46)-c4cc(-c6ccccc6)ccc4O5)c3)ccc2-c2c1ccc1ccccc21. The van der Waals surface area contributed by atoms with E-state index in [1.165, 1.54) is 88.5 Å². The molecule has 1 aliphatic heterocycles. The zero-order valence-corrected chi connectivity index (χ0v) is 30.2. The molecule has 9 aromatic rings. The van der Waals surface area contributed by atoms with Crippen molar-refractivity contribution in [3.63, 3.8) is 0 Å². The molecule has 0 saturated heterocycles. The van der Waals surface area contributed by atoms with Gasteiger partial charge in [-0.25, -0.2) is 0 Å². The molecule has 0 saturated carbocycles. The molecule has 0 unspecified atom stereocenters. The van der Waals surface area contributed by atoms with Gasteiger partial charge in [0, 0.05) is 16.4 Å². The van der Waals surface area contributed by atoms with Gasteiger partial charge < -0.3 is 4.74 Å². The van der Waals surface area contributed by atoms with Gasteiger partial charge in [0.2, 0.25) is 0 Å². The zero-order chi connectivity index (χ0) is 36.0. The first-order valence-corrected chi connectivity index (χ1v) is 18.8. The van der Waals surface area contributed by atoms with E-state index in [-0.39, 0.29) is 5.41 Å². The summed E-state index contributed by atoms with van der Waals surface area (Å²) < 4.78 is 6.63. The van der Waals surface area contributed by atoms with E-state index in [0.717, 1.165) is 22.4 Å². The molecule has 0 radical (unpaired) electrons. The summed E-state index contributed by atoms with van der Waals surface area (Å²) >= 11 is 0. The van der Waals surface area contributed by atoms with Gasteiger partial charge in [-0.2, -0.15) is 0 Å². The highest BCUT2D eigenvalue weighted by molar-refractivity contribution is 6.11. The van der Waals surface area contributed by atoms with Gasteiger partial charge in [0.15, 0.2) is 0 Å². The lowest BCUT2D eigenvalue weighted by Gasteiger charge is -2.24. The van der Waals surface area contributed by atoms with Crippen molar-refractivity contribution < 1.29 is 4.74 Å². The molecule has 11 rings (SSSR count). The normalized spacial score (nSPS) is 13.3. The molecule has 0 aromatic heterocycles. The number of hydrogen-bond donors (Lipinski definition) is 0. The molecule has 254 valence electrons. The van der Waals surface area contributed by atoms with Crippen molar-refractivity contribution in [3.8, 4) is 78.3 Å². The molecule has 54 heavy (non-hydrogen) atoms. The third-order valence-electron chi connectivity index (χ3n) is 11.8. The van der Waals surface area contributed by atoms with Crippen LogP contribution in [0, 0.1) is 0 Å². The summed E-state index contributed by atoms with van der Waals surface area (Å²) in [6, 6.07) is 66.6. The second-order valence-corrected chi connectivity index (χ2v) is 15.3. The summed E-state index contributed by atoms with van der Waals surface area (Å²) in [7, 11) is 0. The standard InChI is InChI=1S/C53H36O/c1-53(2)47-25-21-35-16-9-10-17-42(35)51(47)45-23-20-37(32-48(45)53)39-28-38(34-14-7-4-8-15-34)29-40(30-39)41-24-27-50-52-43(41)18-11-19-44(52)46-31-36(22-26-49(46)54-50)33-12-5-3-6-13-33/h3-32H,1-2H3. The maximum atomic E-state index is 6.63. The van der Waals surface area contributed by atoms with Crippen molar-refractivity contribution in [2.24, 2.45) is 0 Å². The van der Waals surface area contributed by atoms with Gasteiger partial charge in [0.1, 0.15) is 11.5 Å². The minimum atomic E-state index is -0.114. The Morgan fingerprint density at radius 2 is 0.981 bits per heavy atom. The molecule has 0 spiro atoms. The molecule has 9 aromatic carbocycles. The Bertz CT molecular complexity index is 2970. The number of benzene rings is 9. The van der Waals surface area contributed by atoms with E-state index in [4.69, 9.17) is 4.74 Å². The molecule has 0 atom stereocenters. The van der Waals surface area contributed by atoms with Crippen LogP contribution in [0.1, 0.15) is 25.0 Å². The van der Waals surface area contributed by atoms with Crippen LogP contribution in [0.5, 0.6) is 11.5 Å². The topological polar surface area (TPSA) is 9.23 Å². The molecule has 1 heterocycles. The second kappa shape index (κ2) is 11.7. The molecule has 2 aliphatic rings. The zero-order valence-electron chi connectivity index (χ0n) is 30.2. The van der Waals surface area contributed by atoms with Crippen LogP contribution in [0.15, 0.2) is 182 Å². The summed E-state index contributed by atoms with van der Waals surface area (Å²) in [6.45, 7) is 4.75. The van der Waals surface area contributed by atoms with Crippen molar-refractivity contribution in [2.45, 2.75) is 19.3 Å². The van der Waals surface area contributed by atoms with E-state index in [1.54, 1.807) is 0 Å². The minimum absolute atomic E-state index is 0.114. The maximum Gasteiger partial charge on any atom is 0.135 e. The quantitative estimate of drug-likeness (QED) is 0.179. The van der Waals surface area contributed by atoms with Crippen LogP contribution in [-0.4, -0.2) is 0 Å². The molecular formula is C53H36O. The summed E-state index contributed by atoms with van der Waals surface area (Å²) in [4.78, 5) is 0. The van der Waals surface area contributed by atoms with E-state index < -0.39 is 0 Å². The van der Waals surface area contributed by atoms with E-state index in [2.05, 4.69) is 196 Å². The number of fused-ring (bicyclic) bond motifs is 7. The highest BCUT2D eigenvalue weighted by Gasteiger charge is 2.36. The van der Waals surface area contributed by atoms with Crippen LogP contribution in [0.4, 0.5) is 0 Å². The molecule has 1 heteroatoms. The fourth-order valence-corrected chi connectivity index (χ4v) is 9.13. The monoisotopic (exact) mass is 688 g/mol. The smallest absolute Gasteiger partial charge is 0.135 e. The van der Waals surface area contributed by atoms with Crippen molar-refractivity contribution in [2.75, 3.05) is 0 Å². The summed E-state index contributed by atoms with van der Waals surface area (Å²) in [5, 5.41) is 4.96. The lowest BCUT2D eigenvalue weighted by molar-refractivity contribution is 0.487. The van der Waals surface area contributed by atoms with Gasteiger partial charge >= 0.3 is 0 Å². The van der Waals surface area contributed by atoms with Gasteiger partial charge in [-0.3, -0.25) is 0 Å². The molecule has 1 aliphatic carbocycles. The van der Waals surface area contributed by atoms with Gasteiger partial charge in [-0.15, -0.1) is 0 Å². The molecule has 0 N–H and O–H groups in total. The summed E-state index contributed by atoms with van der Waals surface area (Å²) in [6.07, 6.45) is 0. The van der Waals surface area contributed by atoms with Crippen molar-refractivity contribution in [3.05, 3.63) is 193 Å². The lowest BCUT2D eigenvalue weighted by Crippen LogP contribution is -2.15. The first-order chi connectivity index (χ1) is 26.5. The number of rotatable bonds is 4. The fraction of sp³-hybridized carbons (Fsp3) is 0.0566. The fourth-order valence-electron chi connectivity index (χ4n) is 9.13. The molecular weight excluding hydrogens is 653 g/mol. The molecule has 0 fully saturated rings. The Labute approximate surface area is 315 Å². The van der Waals surface area contributed by atoms with Crippen LogP contribution in [0.2, 0.25) is 0 Å². The van der Waals surface area contributed by atoms with E-state index >= 15 is 0 Å². The Hall–Kier alpha value is -6.70. The largest absolute Gasteiger partial charge is 0.456 e. The molecule has 0 amide bonds. The van der Waals surface area contributed by atoms with Crippen molar-refractivity contribution >= 4 is 21.5 Å². The maximum absolute atomic E-state index is 6.63. The van der Waals surface area contributed by atoms with Gasteiger partial charge in [0.05, 0.1) is 0 Å². The molecule has 0 bridgehead atoms. The van der Waals surface area contributed by atoms with Crippen LogP contribution in [0.3, 0.4) is 0 Å². The average molecular weight is 689 g/mol. The Morgan fingerprint density at radius 3 is 1.80 bits per heavy atom. The molecule has 1 nitrogen and oxygen atoms in total. The van der Waals surface area contributed by atoms with E-state index in [9.17, 15) is 0 Å². The Balaban J connectivity index is 1.09. The van der Waals surface area contributed by atoms with E-state index in [1.807, 2.05) is 0 Å². The Morgan fingerprint density at radius 1 is 0.352 bits per heavy atom. The highest BCUT2D eigenvalue weighted by Crippen LogP contribution is 2.53.